The molecule has 0 aliphatic carbocycles. The Hall–Kier alpha value is -3.90. The lowest BCUT2D eigenvalue weighted by atomic mass is 9.91. The van der Waals surface area contributed by atoms with Crippen molar-refractivity contribution in [2.24, 2.45) is 0 Å². The summed E-state index contributed by atoms with van der Waals surface area (Å²) < 4.78 is 8.82. The van der Waals surface area contributed by atoms with Gasteiger partial charge in [0.2, 0.25) is 0 Å². The molecule has 2 aromatic carbocycles. The molecule has 2 atom stereocenters. The second-order valence-electron chi connectivity index (χ2n) is 11.8. The van der Waals surface area contributed by atoms with Crippen LogP contribution in [0.2, 0.25) is 10.2 Å². The Morgan fingerprint density at radius 3 is 2.53 bits per heavy atom. The van der Waals surface area contributed by atoms with E-state index in [4.69, 9.17) is 27.9 Å². The van der Waals surface area contributed by atoms with Crippen LogP contribution >= 0.6 is 23.2 Å². The van der Waals surface area contributed by atoms with E-state index in [-0.39, 0.29) is 55.3 Å². The molecule has 236 valence electrons. The van der Waals surface area contributed by atoms with Gasteiger partial charge in [-0.05, 0) is 68.1 Å². The van der Waals surface area contributed by atoms with Crippen LogP contribution in [0.1, 0.15) is 47.3 Å². The van der Waals surface area contributed by atoms with Crippen LogP contribution in [0.5, 0.6) is 0 Å². The quantitative estimate of drug-likeness (QED) is 0.313. The molecule has 4 heterocycles. The molecule has 6 rings (SSSR count). The molecular weight excluding hydrogens is 621 g/mol. The van der Waals surface area contributed by atoms with Crippen LogP contribution in [-0.4, -0.2) is 84.1 Å². The molecule has 0 bridgehead atoms. The highest BCUT2D eigenvalue weighted by molar-refractivity contribution is 6.33. The van der Waals surface area contributed by atoms with Gasteiger partial charge in [0.15, 0.2) is 5.65 Å². The van der Waals surface area contributed by atoms with E-state index in [0.717, 1.165) is 11.1 Å². The highest BCUT2D eigenvalue weighted by atomic mass is 35.5. The molecular formula is C32H33Cl2N5O6. The Morgan fingerprint density at radius 1 is 1.11 bits per heavy atom. The second kappa shape index (κ2) is 12.1. The molecule has 11 nitrogen and oxygen atoms in total. The summed E-state index contributed by atoms with van der Waals surface area (Å²) in [7, 11) is 0. The van der Waals surface area contributed by atoms with Gasteiger partial charge in [0.25, 0.3) is 11.5 Å². The van der Waals surface area contributed by atoms with Crippen LogP contribution in [-0.2, 0) is 11.3 Å². The molecule has 2 N–H and O–H groups in total. The summed E-state index contributed by atoms with van der Waals surface area (Å²) in [5.41, 5.74) is 1.56. The molecule has 2 aromatic heterocycles. The Balaban J connectivity index is 1.22. The average Bonchev–Trinajstić information content (AvgIpc) is 3.35. The normalized spacial score (nSPS) is 20.0. The molecule has 0 spiro atoms. The highest BCUT2D eigenvalue weighted by Gasteiger charge is 2.36. The first-order valence-electron chi connectivity index (χ1n) is 14.7. The van der Waals surface area contributed by atoms with Crippen LogP contribution in [0.4, 0.5) is 4.79 Å². The maximum Gasteiger partial charge on any atom is 0.407 e. The topological polar surface area (TPSA) is 130 Å². The summed E-state index contributed by atoms with van der Waals surface area (Å²) in [6.07, 6.45) is 0.785. The zero-order valence-corrected chi connectivity index (χ0v) is 26.3. The van der Waals surface area contributed by atoms with Gasteiger partial charge in [0.1, 0.15) is 11.5 Å². The number of likely N-dealkylation sites (tertiary alicyclic amines) is 1. The Bertz CT molecular complexity index is 1850. The van der Waals surface area contributed by atoms with Crippen molar-refractivity contribution in [2.45, 2.75) is 51.0 Å². The van der Waals surface area contributed by atoms with E-state index in [9.17, 15) is 24.6 Å². The van der Waals surface area contributed by atoms with Crippen molar-refractivity contribution in [2.75, 3.05) is 26.2 Å². The SMILES string of the molecule is Cc1cc(-n2c(Cl)cc3c(=O)n(CC4(O)CCN(C(=O)c5ccccc5Cl)CC4)cnc32)ccc1[C@H]1CO[C@H](C)CN1C(=O)O. The summed E-state index contributed by atoms with van der Waals surface area (Å²) in [6, 6.07) is 13.5. The number of fused-ring (bicyclic) bond motifs is 1. The van der Waals surface area contributed by atoms with Crippen LogP contribution in [0.15, 0.2) is 59.7 Å². The zero-order valence-electron chi connectivity index (χ0n) is 24.8. The van der Waals surface area contributed by atoms with E-state index >= 15 is 0 Å². The lowest BCUT2D eigenvalue weighted by Gasteiger charge is -2.38. The number of carboxylic acid groups (broad SMARTS) is 1. The molecule has 45 heavy (non-hydrogen) atoms. The third kappa shape index (κ3) is 5.93. The molecule has 0 saturated carbocycles. The number of amides is 2. The molecule has 0 radical (unpaired) electrons. The molecule has 13 heteroatoms. The maximum absolute atomic E-state index is 13.6. The van der Waals surface area contributed by atoms with Crippen LogP contribution in [0.25, 0.3) is 16.7 Å². The summed E-state index contributed by atoms with van der Waals surface area (Å²) in [5, 5.41) is 22.1. The summed E-state index contributed by atoms with van der Waals surface area (Å²) >= 11 is 12.9. The van der Waals surface area contributed by atoms with Crippen molar-refractivity contribution in [1.29, 1.82) is 0 Å². The molecule has 0 unspecified atom stereocenters. The third-order valence-electron chi connectivity index (χ3n) is 8.78. The first kappa shape index (κ1) is 31.1. The van der Waals surface area contributed by atoms with Crippen molar-refractivity contribution < 1.29 is 24.5 Å². The Kier molecular flexibility index (Phi) is 8.38. The van der Waals surface area contributed by atoms with Gasteiger partial charge in [-0.15, -0.1) is 0 Å². The Morgan fingerprint density at radius 2 is 1.84 bits per heavy atom. The summed E-state index contributed by atoms with van der Waals surface area (Å²) in [6.45, 7) is 4.92. The molecule has 2 saturated heterocycles. The van der Waals surface area contributed by atoms with Crippen LogP contribution in [0, 0.1) is 6.92 Å². The predicted molar refractivity (Wildman–Crippen MR) is 170 cm³/mol. The van der Waals surface area contributed by atoms with Gasteiger partial charge in [-0.3, -0.25) is 23.6 Å². The van der Waals surface area contributed by atoms with E-state index in [1.54, 1.807) is 39.8 Å². The lowest BCUT2D eigenvalue weighted by Crippen LogP contribution is -2.49. The number of hydrogen-bond acceptors (Lipinski definition) is 6. The van der Waals surface area contributed by atoms with Crippen LogP contribution in [0.3, 0.4) is 0 Å². The number of nitrogens with zero attached hydrogens (tertiary/aromatic N) is 5. The minimum absolute atomic E-state index is 0.0155. The number of aryl methyl sites for hydroxylation is 1. The van der Waals surface area contributed by atoms with E-state index in [1.807, 2.05) is 32.0 Å². The number of aromatic nitrogens is 3. The van der Waals surface area contributed by atoms with E-state index in [1.165, 1.54) is 15.8 Å². The third-order valence-corrected chi connectivity index (χ3v) is 9.38. The first-order valence-corrected chi connectivity index (χ1v) is 15.5. The molecule has 2 amide bonds. The largest absolute Gasteiger partial charge is 0.465 e. The van der Waals surface area contributed by atoms with E-state index in [0.29, 0.717) is 40.4 Å². The number of hydrogen-bond donors (Lipinski definition) is 2. The number of benzene rings is 2. The number of rotatable bonds is 5. The number of piperidine rings is 1. The summed E-state index contributed by atoms with van der Waals surface area (Å²) in [5.74, 6) is -0.192. The van der Waals surface area contributed by atoms with Gasteiger partial charge >= 0.3 is 6.09 Å². The second-order valence-corrected chi connectivity index (χ2v) is 12.6. The smallest absolute Gasteiger partial charge is 0.407 e. The number of aliphatic hydroxyl groups is 1. The van der Waals surface area contributed by atoms with Crippen molar-refractivity contribution >= 4 is 46.2 Å². The van der Waals surface area contributed by atoms with Gasteiger partial charge in [0, 0.05) is 18.8 Å². The van der Waals surface area contributed by atoms with Gasteiger partial charge in [-0.2, -0.15) is 0 Å². The monoisotopic (exact) mass is 653 g/mol. The number of morpholine rings is 1. The zero-order chi connectivity index (χ0) is 32.0. The predicted octanol–water partition coefficient (Wildman–Crippen LogP) is 4.91. The standard InChI is InChI=1S/C32H33Cl2N5O6/c1-19-13-21(7-8-22(19)26-16-45-20(2)15-38(26)31(42)43)39-27(34)14-24-28(39)35-18-37(30(24)41)17-32(44)9-11-36(12-10-32)29(40)23-5-3-4-6-25(23)33/h3-8,13-14,18,20,26,44H,9-12,15-17H2,1-2H3,(H,42,43)/t20-,26-/m1/s1. The van der Waals surface area contributed by atoms with Crippen molar-refractivity contribution in [3.63, 3.8) is 0 Å². The Labute approximate surface area is 269 Å². The van der Waals surface area contributed by atoms with Gasteiger partial charge < -0.3 is 19.8 Å². The maximum atomic E-state index is 13.6. The van der Waals surface area contributed by atoms with Crippen molar-refractivity contribution in [1.82, 2.24) is 23.9 Å². The number of halogens is 2. The van der Waals surface area contributed by atoms with E-state index in [2.05, 4.69) is 4.98 Å². The van der Waals surface area contributed by atoms with E-state index < -0.39 is 17.7 Å². The minimum atomic E-state index is -1.21. The van der Waals surface area contributed by atoms with Crippen molar-refractivity contribution in [3.8, 4) is 5.69 Å². The number of ether oxygens (including phenoxy) is 1. The van der Waals surface area contributed by atoms with Crippen LogP contribution < -0.4 is 5.56 Å². The average molecular weight is 655 g/mol. The van der Waals surface area contributed by atoms with Crippen molar-refractivity contribution in [3.05, 3.63) is 92.1 Å². The molecule has 2 fully saturated rings. The lowest BCUT2D eigenvalue weighted by molar-refractivity contribution is -0.0466. The van der Waals surface area contributed by atoms with Gasteiger partial charge in [-0.1, -0.05) is 41.4 Å². The minimum Gasteiger partial charge on any atom is -0.465 e. The fraction of sp³-hybridized carbons (Fsp3) is 0.375. The molecule has 2 aliphatic rings. The molecule has 4 aromatic rings. The van der Waals surface area contributed by atoms with Gasteiger partial charge in [-0.25, -0.2) is 9.78 Å². The summed E-state index contributed by atoms with van der Waals surface area (Å²) in [4.78, 5) is 46.1. The molecule has 2 aliphatic heterocycles. The highest BCUT2D eigenvalue weighted by Crippen LogP contribution is 2.32. The first-order chi connectivity index (χ1) is 21.5. The fourth-order valence-corrected chi connectivity index (χ4v) is 6.80. The number of carbonyl (C=O) groups is 2. The number of carbonyl (C=O) groups excluding carboxylic acids is 1. The fourth-order valence-electron chi connectivity index (χ4n) is 6.29. The van der Waals surface area contributed by atoms with Gasteiger partial charge in [0.05, 0.1) is 53.4 Å².